The molecule has 1 aromatic rings. The second-order valence-corrected chi connectivity index (χ2v) is 12.6. The molecular weight excluding hydrogens is 578 g/mol. The van der Waals surface area contributed by atoms with Gasteiger partial charge in [-0.1, -0.05) is 47.0 Å². The molecule has 0 aliphatic heterocycles. The molecule has 5 atom stereocenters. The zero-order valence-corrected chi connectivity index (χ0v) is 26.9. The summed E-state index contributed by atoms with van der Waals surface area (Å²) in [6.07, 6.45) is 10.7. The van der Waals surface area contributed by atoms with E-state index in [1.165, 1.54) is 18.6 Å². The molecule has 2 aliphatic carbocycles. The van der Waals surface area contributed by atoms with E-state index in [1.54, 1.807) is 0 Å². The van der Waals surface area contributed by atoms with E-state index in [2.05, 4.69) is 36.6 Å². The van der Waals surface area contributed by atoms with Crippen LogP contribution in [0, 0.1) is 17.8 Å². The van der Waals surface area contributed by atoms with Crippen LogP contribution in [0.5, 0.6) is 0 Å². The third-order valence-corrected chi connectivity index (χ3v) is 8.41. The maximum atomic E-state index is 13.3. The van der Waals surface area contributed by atoms with Crippen molar-refractivity contribution in [1.82, 2.24) is 36.6 Å². The molecule has 45 heavy (non-hydrogen) atoms. The lowest BCUT2D eigenvalue weighted by atomic mass is 9.91. The van der Waals surface area contributed by atoms with E-state index in [-0.39, 0.29) is 47.7 Å². The van der Waals surface area contributed by atoms with Crippen LogP contribution in [0.15, 0.2) is 18.6 Å². The molecule has 13 nitrogen and oxygen atoms in total. The molecule has 5 amide bonds. The Bertz CT molecular complexity index is 1190. The highest BCUT2D eigenvalue weighted by Gasteiger charge is 2.35. The van der Waals surface area contributed by atoms with Gasteiger partial charge in [-0.15, -0.1) is 0 Å². The van der Waals surface area contributed by atoms with Crippen molar-refractivity contribution in [1.29, 1.82) is 0 Å². The highest BCUT2D eigenvalue weighted by molar-refractivity contribution is 6.38. The van der Waals surface area contributed by atoms with Crippen molar-refractivity contribution in [2.45, 2.75) is 116 Å². The highest BCUT2D eigenvalue weighted by Crippen LogP contribution is 2.33. The number of carbonyl (C=O) groups is 6. The van der Waals surface area contributed by atoms with Crippen LogP contribution < -0.4 is 26.6 Å². The number of hydrogen-bond donors (Lipinski definition) is 5. The highest BCUT2D eigenvalue weighted by atomic mass is 16.2. The van der Waals surface area contributed by atoms with E-state index in [0.29, 0.717) is 32.2 Å². The Labute approximate surface area is 265 Å². The maximum absolute atomic E-state index is 13.3. The van der Waals surface area contributed by atoms with Gasteiger partial charge in [-0.3, -0.25) is 33.8 Å². The lowest BCUT2D eigenvalue weighted by molar-refractivity contribution is -0.140. The normalized spacial score (nSPS) is 19.6. The van der Waals surface area contributed by atoms with Gasteiger partial charge in [0, 0.05) is 31.4 Å². The number of rotatable bonds is 18. The number of aromatic nitrogens is 2. The van der Waals surface area contributed by atoms with Crippen molar-refractivity contribution >= 4 is 35.3 Å². The van der Waals surface area contributed by atoms with Gasteiger partial charge in [0.05, 0.1) is 12.2 Å². The monoisotopic (exact) mass is 627 g/mol. The smallest absolute Gasteiger partial charge is 0.289 e. The number of Topliss-reactive ketones (excluding diaryl/α,β-unsaturated/α-hetero) is 1. The summed E-state index contributed by atoms with van der Waals surface area (Å²) in [5.41, 5.74) is 0.0934. The zero-order chi connectivity index (χ0) is 32.9. The lowest BCUT2D eigenvalue weighted by Gasteiger charge is -2.26. The van der Waals surface area contributed by atoms with Gasteiger partial charge in [0.2, 0.25) is 23.5 Å². The molecule has 0 unspecified atom stereocenters. The number of nitrogens with one attached hydrogen (secondary N) is 5. The first-order chi connectivity index (χ1) is 21.5. The standard InChI is InChI=1S/C32H49N7O6/c1-5-8-23(28(41)32(45)36-22-12-13-22)37-26(40)16-20-10-7-11-21(20)17-35-31(44)27(19(3)4)39-29(42)24(9-6-2)38-30(43)25-18-33-14-15-34-25/h14-15,18-24,27H,5-13,16-17H2,1-4H3,(H,35,44)(H,36,45)(H,37,40)(H,38,43)(H,39,42)/t20-,21+,23+,24+,27+/m1/s1. The summed E-state index contributed by atoms with van der Waals surface area (Å²) >= 11 is 0. The second-order valence-electron chi connectivity index (χ2n) is 12.6. The van der Waals surface area contributed by atoms with Gasteiger partial charge in [-0.2, -0.15) is 0 Å². The first kappa shape index (κ1) is 35.6. The fraction of sp³-hybridized carbons (Fsp3) is 0.688. The van der Waals surface area contributed by atoms with Gasteiger partial charge in [0.25, 0.3) is 11.8 Å². The molecule has 0 bridgehead atoms. The Morgan fingerprint density at radius 1 is 0.844 bits per heavy atom. The Balaban J connectivity index is 1.53. The van der Waals surface area contributed by atoms with Gasteiger partial charge in [-0.25, -0.2) is 4.98 Å². The average molecular weight is 628 g/mol. The molecule has 0 saturated heterocycles. The molecule has 2 fully saturated rings. The summed E-state index contributed by atoms with van der Waals surface area (Å²) in [4.78, 5) is 84.9. The Kier molecular flexibility index (Phi) is 13.9. The molecule has 248 valence electrons. The molecule has 13 heteroatoms. The Morgan fingerprint density at radius 3 is 2.16 bits per heavy atom. The van der Waals surface area contributed by atoms with Crippen LogP contribution in [0.4, 0.5) is 0 Å². The van der Waals surface area contributed by atoms with Crippen molar-refractivity contribution in [3.8, 4) is 0 Å². The fourth-order valence-corrected chi connectivity index (χ4v) is 5.68. The van der Waals surface area contributed by atoms with Gasteiger partial charge >= 0.3 is 0 Å². The van der Waals surface area contributed by atoms with Gasteiger partial charge in [0.15, 0.2) is 0 Å². The van der Waals surface area contributed by atoms with E-state index in [1.807, 2.05) is 27.7 Å². The third-order valence-electron chi connectivity index (χ3n) is 8.41. The Hall–Kier alpha value is -3.90. The number of nitrogens with zero attached hydrogens (tertiary/aromatic N) is 2. The maximum Gasteiger partial charge on any atom is 0.289 e. The van der Waals surface area contributed by atoms with Crippen LogP contribution in [0.2, 0.25) is 0 Å². The SMILES string of the molecule is CCC[C@H](NC(=O)c1cnccn1)C(=O)N[C@H](C(=O)NC[C@@H]1CCC[C@@H]1CC(=O)N[C@@H](CCC)C(=O)C(=O)NC1CC1)C(C)C. The van der Waals surface area contributed by atoms with Crippen molar-refractivity contribution < 1.29 is 28.8 Å². The van der Waals surface area contributed by atoms with Crippen molar-refractivity contribution in [2.75, 3.05) is 6.54 Å². The van der Waals surface area contributed by atoms with Crippen LogP contribution in [-0.2, 0) is 24.0 Å². The van der Waals surface area contributed by atoms with E-state index in [0.717, 1.165) is 32.1 Å². The Morgan fingerprint density at radius 2 is 1.53 bits per heavy atom. The summed E-state index contributed by atoms with van der Waals surface area (Å²) < 4.78 is 0. The molecule has 1 aromatic heterocycles. The first-order valence-corrected chi connectivity index (χ1v) is 16.3. The minimum atomic E-state index is -0.849. The van der Waals surface area contributed by atoms with E-state index in [4.69, 9.17) is 0 Å². The topological polar surface area (TPSA) is 188 Å². The quantitative estimate of drug-likeness (QED) is 0.152. The van der Waals surface area contributed by atoms with Crippen molar-refractivity contribution in [2.24, 2.45) is 17.8 Å². The van der Waals surface area contributed by atoms with E-state index >= 15 is 0 Å². The molecule has 2 aliphatic rings. The summed E-state index contributed by atoms with van der Waals surface area (Å²) in [7, 11) is 0. The van der Waals surface area contributed by atoms with E-state index in [9.17, 15) is 28.8 Å². The summed E-state index contributed by atoms with van der Waals surface area (Å²) in [5, 5.41) is 14.0. The average Bonchev–Trinajstić information content (AvgIpc) is 3.73. The number of amides is 5. The molecular formula is C32H49N7O6. The van der Waals surface area contributed by atoms with Gasteiger partial charge < -0.3 is 26.6 Å². The third kappa shape index (κ3) is 11.2. The van der Waals surface area contributed by atoms with Crippen LogP contribution in [0.25, 0.3) is 0 Å². The molecule has 0 aromatic carbocycles. The minimum absolute atomic E-state index is 0.0142. The fourth-order valence-electron chi connectivity index (χ4n) is 5.68. The molecule has 0 radical (unpaired) electrons. The van der Waals surface area contributed by atoms with E-state index < -0.39 is 41.6 Å². The molecule has 1 heterocycles. The summed E-state index contributed by atoms with van der Waals surface area (Å²) in [5.74, 6) is -2.99. The van der Waals surface area contributed by atoms with Crippen LogP contribution >= 0.6 is 0 Å². The van der Waals surface area contributed by atoms with Gasteiger partial charge in [-0.05, 0) is 56.3 Å². The lowest BCUT2D eigenvalue weighted by Crippen LogP contribution is -2.56. The first-order valence-electron chi connectivity index (χ1n) is 16.3. The number of ketones is 1. The number of carbonyl (C=O) groups excluding carboxylic acids is 6. The predicted octanol–water partition coefficient (Wildman–Crippen LogP) is 1.57. The summed E-state index contributed by atoms with van der Waals surface area (Å²) in [6, 6.07) is -2.46. The number of hydrogen-bond acceptors (Lipinski definition) is 8. The second kappa shape index (κ2) is 17.6. The van der Waals surface area contributed by atoms with Crippen LogP contribution in [0.3, 0.4) is 0 Å². The van der Waals surface area contributed by atoms with Gasteiger partial charge in [0.1, 0.15) is 17.8 Å². The van der Waals surface area contributed by atoms with Crippen molar-refractivity contribution in [3.63, 3.8) is 0 Å². The predicted molar refractivity (Wildman–Crippen MR) is 166 cm³/mol. The van der Waals surface area contributed by atoms with Crippen LogP contribution in [0.1, 0.15) is 102 Å². The molecule has 0 spiro atoms. The zero-order valence-electron chi connectivity index (χ0n) is 26.9. The molecule has 2 saturated carbocycles. The van der Waals surface area contributed by atoms with Crippen molar-refractivity contribution in [3.05, 3.63) is 24.3 Å². The summed E-state index contributed by atoms with van der Waals surface area (Å²) in [6.45, 7) is 7.80. The molecule has 3 rings (SSSR count). The molecule has 5 N–H and O–H groups in total. The largest absolute Gasteiger partial charge is 0.354 e. The van der Waals surface area contributed by atoms with Crippen LogP contribution in [-0.4, -0.2) is 76.0 Å². The minimum Gasteiger partial charge on any atom is -0.354 e.